The zero-order valence-corrected chi connectivity index (χ0v) is 13.2. The van der Waals surface area contributed by atoms with Crippen molar-refractivity contribution in [2.45, 2.75) is 31.7 Å². The molecule has 20 heavy (non-hydrogen) atoms. The van der Waals surface area contributed by atoms with Crippen molar-refractivity contribution in [2.24, 2.45) is 0 Å². The van der Waals surface area contributed by atoms with E-state index >= 15 is 0 Å². The summed E-state index contributed by atoms with van der Waals surface area (Å²) in [5.74, 6) is -0.447. The molecule has 1 heterocycles. The first kappa shape index (κ1) is 15.4. The Morgan fingerprint density at radius 1 is 1.50 bits per heavy atom. The average Bonchev–Trinajstić information content (AvgIpc) is 2.47. The van der Waals surface area contributed by atoms with Crippen molar-refractivity contribution in [1.29, 1.82) is 0 Å². The van der Waals surface area contributed by atoms with Crippen LogP contribution in [0.4, 0.5) is 4.39 Å². The van der Waals surface area contributed by atoms with Crippen LogP contribution >= 0.6 is 15.9 Å². The summed E-state index contributed by atoms with van der Waals surface area (Å²) in [4.78, 5) is 14.6. The third-order valence-electron chi connectivity index (χ3n) is 3.77. The smallest absolute Gasteiger partial charge is 0.255 e. The summed E-state index contributed by atoms with van der Waals surface area (Å²) in [6.07, 6.45) is 4.15. The molecule has 0 radical (unpaired) electrons. The van der Waals surface area contributed by atoms with Gasteiger partial charge in [0.25, 0.3) is 5.91 Å². The van der Waals surface area contributed by atoms with Gasteiger partial charge in [0.2, 0.25) is 0 Å². The van der Waals surface area contributed by atoms with E-state index in [4.69, 9.17) is 0 Å². The fourth-order valence-corrected chi connectivity index (χ4v) is 3.11. The van der Waals surface area contributed by atoms with Gasteiger partial charge in [0, 0.05) is 17.1 Å². The van der Waals surface area contributed by atoms with Crippen molar-refractivity contribution in [3.63, 3.8) is 0 Å². The molecule has 1 aromatic rings. The lowest BCUT2D eigenvalue weighted by atomic mass is 9.98. The van der Waals surface area contributed by atoms with Crippen LogP contribution in [0.3, 0.4) is 0 Å². The molecule has 0 saturated carbocycles. The molecule has 1 amide bonds. The van der Waals surface area contributed by atoms with Gasteiger partial charge in [0.1, 0.15) is 5.82 Å². The predicted molar refractivity (Wildman–Crippen MR) is 81.3 cm³/mol. The quantitative estimate of drug-likeness (QED) is 0.911. The summed E-state index contributed by atoms with van der Waals surface area (Å²) in [6.45, 7) is 1.65. The van der Waals surface area contributed by atoms with Gasteiger partial charge in [-0.3, -0.25) is 4.79 Å². The van der Waals surface area contributed by atoms with Gasteiger partial charge in [-0.05, 0) is 73.4 Å². The van der Waals surface area contributed by atoms with Gasteiger partial charge in [-0.2, -0.15) is 0 Å². The number of piperidine rings is 1. The molecule has 3 nitrogen and oxygen atoms in total. The maximum Gasteiger partial charge on any atom is 0.255 e. The molecular formula is C15H20BrFN2O. The minimum atomic E-state index is -0.375. The van der Waals surface area contributed by atoms with Crippen LogP contribution in [0.2, 0.25) is 0 Å². The summed E-state index contributed by atoms with van der Waals surface area (Å²) in [5.41, 5.74) is 0.418. The number of rotatable bonds is 4. The first-order chi connectivity index (χ1) is 9.63. The van der Waals surface area contributed by atoms with E-state index in [1.165, 1.54) is 12.1 Å². The number of halogens is 2. The number of nitrogens with zero attached hydrogens (tertiary/aromatic N) is 1. The summed E-state index contributed by atoms with van der Waals surface area (Å²) in [5, 5.41) is 3.13. The molecule has 1 aliphatic rings. The molecule has 1 atom stereocenters. The van der Waals surface area contributed by atoms with Crippen molar-refractivity contribution in [2.75, 3.05) is 20.1 Å². The fourth-order valence-electron chi connectivity index (χ4n) is 2.70. The number of hydrogen-bond donors (Lipinski definition) is 1. The van der Waals surface area contributed by atoms with Crippen molar-refractivity contribution in [3.8, 4) is 0 Å². The van der Waals surface area contributed by atoms with Gasteiger partial charge < -0.3 is 10.2 Å². The Labute approximate surface area is 127 Å². The molecule has 0 aliphatic carbocycles. The molecular weight excluding hydrogens is 323 g/mol. The van der Waals surface area contributed by atoms with Crippen molar-refractivity contribution >= 4 is 21.8 Å². The van der Waals surface area contributed by atoms with E-state index in [0.29, 0.717) is 10.0 Å². The number of amides is 1. The van der Waals surface area contributed by atoms with Gasteiger partial charge >= 0.3 is 0 Å². The summed E-state index contributed by atoms with van der Waals surface area (Å²) in [6, 6.07) is 4.51. The van der Waals surface area contributed by atoms with E-state index < -0.39 is 0 Å². The molecule has 0 bridgehead atoms. The topological polar surface area (TPSA) is 32.3 Å². The van der Waals surface area contributed by atoms with Crippen molar-refractivity contribution in [3.05, 3.63) is 34.1 Å². The highest BCUT2D eigenvalue weighted by Crippen LogP contribution is 2.25. The first-order valence-electron chi connectivity index (χ1n) is 7.04. The zero-order chi connectivity index (χ0) is 14.5. The van der Waals surface area contributed by atoms with Crippen LogP contribution < -0.4 is 5.32 Å². The van der Waals surface area contributed by atoms with E-state index in [9.17, 15) is 9.18 Å². The van der Waals surface area contributed by atoms with Gasteiger partial charge in [0.15, 0.2) is 0 Å². The molecule has 1 aliphatic heterocycles. The van der Waals surface area contributed by atoms with Crippen LogP contribution in [0.25, 0.3) is 0 Å². The second-order valence-electron chi connectivity index (χ2n) is 5.16. The maximum atomic E-state index is 13.4. The van der Waals surface area contributed by atoms with Gasteiger partial charge in [-0.15, -0.1) is 0 Å². The molecule has 1 saturated heterocycles. The molecule has 1 aromatic carbocycles. The number of carbonyl (C=O) groups is 1. The Morgan fingerprint density at radius 3 is 3.05 bits per heavy atom. The SMILES string of the molecule is CNCCC1CCCCN1C(=O)c1cc(F)ccc1Br. The van der Waals surface area contributed by atoms with Crippen LogP contribution in [0.5, 0.6) is 0 Å². The van der Waals surface area contributed by atoms with Gasteiger partial charge in [-0.25, -0.2) is 4.39 Å². The van der Waals surface area contributed by atoms with E-state index in [-0.39, 0.29) is 17.8 Å². The van der Waals surface area contributed by atoms with E-state index in [2.05, 4.69) is 21.2 Å². The lowest BCUT2D eigenvalue weighted by Crippen LogP contribution is -2.44. The Morgan fingerprint density at radius 2 is 2.30 bits per heavy atom. The molecule has 0 spiro atoms. The summed E-state index contributed by atoms with van der Waals surface area (Å²) in [7, 11) is 1.91. The number of nitrogens with one attached hydrogen (secondary N) is 1. The molecule has 110 valence electrons. The largest absolute Gasteiger partial charge is 0.336 e. The maximum absolute atomic E-state index is 13.4. The normalized spacial score (nSPS) is 19.1. The number of benzene rings is 1. The highest BCUT2D eigenvalue weighted by Gasteiger charge is 2.28. The third kappa shape index (κ3) is 3.58. The third-order valence-corrected chi connectivity index (χ3v) is 4.47. The summed E-state index contributed by atoms with van der Waals surface area (Å²) >= 11 is 3.34. The molecule has 1 fully saturated rings. The minimum absolute atomic E-state index is 0.0721. The predicted octanol–water partition coefficient (Wildman–Crippen LogP) is 3.19. The Balaban J connectivity index is 2.18. The van der Waals surface area contributed by atoms with Crippen LogP contribution in [0.15, 0.2) is 22.7 Å². The summed E-state index contributed by atoms with van der Waals surface area (Å²) < 4.78 is 14.0. The first-order valence-corrected chi connectivity index (χ1v) is 7.83. The van der Waals surface area contributed by atoms with Crippen molar-refractivity contribution in [1.82, 2.24) is 10.2 Å². The van der Waals surface area contributed by atoms with E-state index in [0.717, 1.165) is 38.8 Å². The van der Waals surface area contributed by atoms with Crippen molar-refractivity contribution < 1.29 is 9.18 Å². The number of likely N-dealkylation sites (tertiary alicyclic amines) is 1. The highest BCUT2D eigenvalue weighted by atomic mass is 79.9. The molecule has 5 heteroatoms. The molecule has 1 N–H and O–H groups in total. The van der Waals surface area contributed by atoms with Crippen LogP contribution in [-0.2, 0) is 0 Å². The Hall–Kier alpha value is -0.940. The average molecular weight is 343 g/mol. The molecule has 0 aromatic heterocycles. The fraction of sp³-hybridized carbons (Fsp3) is 0.533. The highest BCUT2D eigenvalue weighted by molar-refractivity contribution is 9.10. The van der Waals surface area contributed by atoms with Crippen LogP contribution in [0.1, 0.15) is 36.0 Å². The second kappa shape index (κ2) is 7.18. The zero-order valence-electron chi connectivity index (χ0n) is 11.7. The molecule has 1 unspecified atom stereocenters. The van der Waals surface area contributed by atoms with Gasteiger partial charge in [-0.1, -0.05) is 0 Å². The standard InChI is InChI=1S/C15H20BrFN2O/c1-18-8-7-12-4-2-3-9-19(12)15(20)13-10-11(17)5-6-14(13)16/h5-6,10,12,18H,2-4,7-9H2,1H3. The Bertz CT molecular complexity index is 481. The second-order valence-corrected chi connectivity index (χ2v) is 6.02. The minimum Gasteiger partial charge on any atom is -0.336 e. The van der Waals surface area contributed by atoms with Crippen LogP contribution in [0, 0.1) is 5.82 Å². The number of carbonyl (C=O) groups excluding carboxylic acids is 1. The lowest BCUT2D eigenvalue weighted by molar-refractivity contribution is 0.0601. The Kier molecular flexibility index (Phi) is 5.54. The van der Waals surface area contributed by atoms with E-state index in [1.807, 2.05) is 11.9 Å². The van der Waals surface area contributed by atoms with Gasteiger partial charge in [0.05, 0.1) is 5.56 Å². The monoisotopic (exact) mass is 342 g/mol. The molecule has 2 rings (SSSR count). The van der Waals surface area contributed by atoms with Crippen LogP contribution in [-0.4, -0.2) is 37.0 Å². The lowest BCUT2D eigenvalue weighted by Gasteiger charge is -2.36. The van der Waals surface area contributed by atoms with E-state index in [1.54, 1.807) is 6.07 Å². The number of hydrogen-bond acceptors (Lipinski definition) is 2.